The van der Waals surface area contributed by atoms with Crippen LogP contribution in [0, 0.1) is 0 Å². The Morgan fingerprint density at radius 2 is 1.95 bits per heavy atom. The zero-order valence-electron chi connectivity index (χ0n) is 13.0. The molecule has 20 heavy (non-hydrogen) atoms. The smallest absolute Gasteiger partial charge is 0.465 e. The largest absolute Gasteiger partial charge is 0.513 e. The summed E-state index contributed by atoms with van der Waals surface area (Å²) in [6.45, 7) is 10.1. The van der Waals surface area contributed by atoms with Crippen LogP contribution in [0.2, 0.25) is 0 Å². The van der Waals surface area contributed by atoms with Gasteiger partial charge in [0.05, 0.1) is 23.4 Å². The van der Waals surface area contributed by atoms with E-state index in [1.807, 2.05) is 34.7 Å². The van der Waals surface area contributed by atoms with Gasteiger partial charge in [0.2, 0.25) is 0 Å². The van der Waals surface area contributed by atoms with Gasteiger partial charge in [-0.3, -0.25) is 0 Å². The zero-order valence-corrected chi connectivity index (χ0v) is 13.0. The predicted molar refractivity (Wildman–Crippen MR) is 75.5 cm³/mol. The van der Waals surface area contributed by atoms with Gasteiger partial charge in [0.25, 0.3) is 0 Å². The van der Waals surface area contributed by atoms with Crippen molar-refractivity contribution in [1.82, 2.24) is 10.4 Å². The van der Waals surface area contributed by atoms with Gasteiger partial charge in [0.15, 0.2) is 0 Å². The van der Waals surface area contributed by atoms with E-state index in [9.17, 15) is 4.79 Å². The van der Waals surface area contributed by atoms with Gasteiger partial charge in [0.1, 0.15) is 6.04 Å². The van der Waals surface area contributed by atoms with Crippen molar-refractivity contribution in [3.05, 3.63) is 11.7 Å². The maximum absolute atomic E-state index is 11.8. The summed E-state index contributed by atoms with van der Waals surface area (Å²) in [5.74, 6) is -0.300. The number of nitrogens with zero attached hydrogens (tertiary/aromatic N) is 1. The molecule has 7 heteroatoms. The predicted octanol–water partition coefficient (Wildman–Crippen LogP) is 0.883. The molecule has 1 fully saturated rings. The summed E-state index contributed by atoms with van der Waals surface area (Å²) in [5.41, 5.74) is 3.02. The molecule has 0 aliphatic carbocycles. The van der Waals surface area contributed by atoms with Crippen LogP contribution in [-0.2, 0) is 18.8 Å². The summed E-state index contributed by atoms with van der Waals surface area (Å²) in [6, 6.07) is -0.492. The molecule has 0 amide bonds. The summed E-state index contributed by atoms with van der Waals surface area (Å²) in [5, 5.41) is 1.75. The van der Waals surface area contributed by atoms with E-state index in [4.69, 9.17) is 14.0 Å². The summed E-state index contributed by atoms with van der Waals surface area (Å²) < 4.78 is 17.0. The molecule has 2 rings (SSSR count). The van der Waals surface area contributed by atoms with Crippen molar-refractivity contribution in [2.24, 2.45) is 0 Å². The third-order valence-electron chi connectivity index (χ3n) is 4.09. The van der Waals surface area contributed by atoms with E-state index >= 15 is 0 Å². The molecule has 1 atom stereocenters. The number of hydrogen-bond acceptors (Lipinski definition) is 6. The van der Waals surface area contributed by atoms with Crippen LogP contribution in [0.4, 0.5) is 0 Å². The van der Waals surface area contributed by atoms with Gasteiger partial charge in [-0.15, -0.1) is 0 Å². The molecule has 2 aliphatic rings. The van der Waals surface area contributed by atoms with Crippen molar-refractivity contribution in [3.63, 3.8) is 0 Å². The van der Waals surface area contributed by atoms with Crippen LogP contribution in [0.3, 0.4) is 0 Å². The number of hydrazine groups is 1. The Labute approximate surface area is 120 Å². The van der Waals surface area contributed by atoms with Crippen LogP contribution in [0.15, 0.2) is 11.7 Å². The highest BCUT2D eigenvalue weighted by Gasteiger charge is 2.54. The SMILES string of the molecule is CCOC(=O)C1C=C(B2OC(C)(C)C(C)(C)O2)N(C)N1. The fourth-order valence-electron chi connectivity index (χ4n) is 2.16. The lowest BCUT2D eigenvalue weighted by molar-refractivity contribution is -0.144. The van der Waals surface area contributed by atoms with Crippen molar-refractivity contribution in [2.75, 3.05) is 13.7 Å². The molecule has 0 aromatic rings. The standard InChI is InChI=1S/C13H23BN2O4/c1-7-18-11(17)9-8-10(16(6)15-9)14-19-12(2,3)13(4,5)20-14/h8-9,15H,7H2,1-6H3. The normalized spacial score (nSPS) is 27.7. The third-order valence-corrected chi connectivity index (χ3v) is 4.09. The Morgan fingerprint density at radius 1 is 1.40 bits per heavy atom. The molecular formula is C13H23BN2O4. The fraction of sp³-hybridized carbons (Fsp3) is 0.769. The molecular weight excluding hydrogens is 259 g/mol. The topological polar surface area (TPSA) is 60.0 Å². The van der Waals surface area contributed by atoms with Gasteiger partial charge in [-0.25, -0.2) is 10.2 Å². The first-order valence-corrected chi connectivity index (χ1v) is 6.92. The summed E-state index contributed by atoms with van der Waals surface area (Å²) in [4.78, 5) is 11.8. The highest BCUT2D eigenvalue weighted by molar-refractivity contribution is 6.54. The van der Waals surface area contributed by atoms with Crippen molar-refractivity contribution >= 4 is 13.1 Å². The van der Waals surface area contributed by atoms with Crippen molar-refractivity contribution in [3.8, 4) is 0 Å². The van der Waals surface area contributed by atoms with Crippen molar-refractivity contribution in [1.29, 1.82) is 0 Å². The Kier molecular flexibility index (Phi) is 3.88. The number of ether oxygens (including phenoxy) is 1. The number of nitrogens with one attached hydrogen (secondary N) is 1. The first-order chi connectivity index (χ1) is 9.18. The average Bonchev–Trinajstić information content (AvgIpc) is 2.78. The minimum Gasteiger partial charge on any atom is -0.465 e. The summed E-state index contributed by atoms with van der Waals surface area (Å²) >= 11 is 0. The first-order valence-electron chi connectivity index (χ1n) is 6.92. The van der Waals surface area contributed by atoms with Crippen molar-refractivity contribution in [2.45, 2.75) is 51.9 Å². The van der Waals surface area contributed by atoms with Crippen LogP contribution in [0.25, 0.3) is 0 Å². The zero-order chi connectivity index (χ0) is 15.1. The molecule has 0 saturated carbocycles. The Bertz CT molecular complexity index is 420. The Balaban J connectivity index is 2.14. The maximum atomic E-state index is 11.8. The minimum absolute atomic E-state index is 0.300. The summed E-state index contributed by atoms with van der Waals surface area (Å²) in [7, 11) is 1.34. The fourth-order valence-corrected chi connectivity index (χ4v) is 2.16. The Morgan fingerprint density at radius 3 is 2.45 bits per heavy atom. The highest BCUT2D eigenvalue weighted by atomic mass is 16.7. The second-order valence-electron chi connectivity index (χ2n) is 6.10. The molecule has 6 nitrogen and oxygen atoms in total. The van der Waals surface area contributed by atoms with Crippen molar-refractivity contribution < 1.29 is 18.8 Å². The van der Waals surface area contributed by atoms with E-state index in [1.54, 1.807) is 18.0 Å². The van der Waals surface area contributed by atoms with E-state index in [0.717, 1.165) is 5.60 Å². The van der Waals surface area contributed by atoms with E-state index in [2.05, 4.69) is 5.43 Å². The minimum atomic E-state index is -0.492. The van der Waals surface area contributed by atoms with E-state index in [1.165, 1.54) is 0 Å². The van der Waals surface area contributed by atoms with Crippen LogP contribution in [-0.4, -0.2) is 49.0 Å². The Hall–Kier alpha value is -1.05. The molecule has 0 aromatic carbocycles. The molecule has 1 unspecified atom stereocenters. The number of esters is 1. The quantitative estimate of drug-likeness (QED) is 0.612. The average molecular weight is 282 g/mol. The van der Waals surface area contributed by atoms with Gasteiger partial charge in [-0.1, -0.05) is 0 Å². The van der Waals surface area contributed by atoms with Crippen LogP contribution in [0.5, 0.6) is 0 Å². The molecule has 0 radical (unpaired) electrons. The number of hydrogen-bond donors (Lipinski definition) is 1. The third kappa shape index (κ3) is 2.57. The lowest BCUT2D eigenvalue weighted by Crippen LogP contribution is -2.42. The summed E-state index contributed by atoms with van der Waals surface area (Å²) in [6.07, 6.45) is 1.79. The molecule has 2 aliphatic heterocycles. The lowest BCUT2D eigenvalue weighted by Gasteiger charge is -2.32. The van der Waals surface area contributed by atoms with E-state index in [-0.39, 0.29) is 5.97 Å². The second kappa shape index (κ2) is 5.05. The number of carbonyl (C=O) groups is 1. The molecule has 0 spiro atoms. The van der Waals surface area contributed by atoms with E-state index in [0.29, 0.717) is 6.61 Å². The number of carbonyl (C=O) groups excluding carboxylic acids is 1. The van der Waals surface area contributed by atoms with Gasteiger partial charge < -0.3 is 19.1 Å². The van der Waals surface area contributed by atoms with Crippen LogP contribution in [0.1, 0.15) is 34.6 Å². The van der Waals surface area contributed by atoms with Crippen LogP contribution >= 0.6 is 0 Å². The second-order valence-corrected chi connectivity index (χ2v) is 6.10. The first kappa shape index (κ1) is 15.3. The van der Waals surface area contributed by atoms with E-state index < -0.39 is 24.4 Å². The molecule has 2 heterocycles. The lowest BCUT2D eigenvalue weighted by atomic mass is 9.83. The van der Waals surface area contributed by atoms with Gasteiger partial charge in [0, 0.05) is 7.05 Å². The maximum Gasteiger partial charge on any atom is 0.513 e. The molecule has 1 saturated heterocycles. The van der Waals surface area contributed by atoms with Gasteiger partial charge >= 0.3 is 13.1 Å². The molecule has 1 N–H and O–H groups in total. The van der Waals surface area contributed by atoms with Gasteiger partial charge in [-0.2, -0.15) is 0 Å². The molecule has 0 aromatic heterocycles. The highest BCUT2D eigenvalue weighted by Crippen LogP contribution is 2.39. The van der Waals surface area contributed by atoms with Crippen LogP contribution < -0.4 is 5.43 Å². The molecule has 0 bridgehead atoms. The molecule has 112 valence electrons. The number of rotatable bonds is 3. The monoisotopic (exact) mass is 282 g/mol. The van der Waals surface area contributed by atoms with Gasteiger partial charge in [-0.05, 0) is 40.7 Å².